The molecule has 150 valence electrons. The number of aromatic amines is 1. The molecule has 0 saturated carbocycles. The number of anilines is 1. The molecular weight excluding hydrogens is 384 g/mol. The van der Waals surface area contributed by atoms with Crippen molar-refractivity contribution in [2.45, 2.75) is 6.92 Å². The average Bonchev–Trinajstić information content (AvgIpc) is 3.03. The SMILES string of the molecule is Cc1[nH]c2ccccc2c1C(=O)OCC(=O)NCC(=O)Nc1ccc(F)c(F)c1. The van der Waals surface area contributed by atoms with Gasteiger partial charge in [0.1, 0.15) is 0 Å². The zero-order chi connectivity index (χ0) is 21.0. The van der Waals surface area contributed by atoms with Gasteiger partial charge in [-0.15, -0.1) is 0 Å². The minimum absolute atomic E-state index is 0.0457. The minimum atomic E-state index is -1.11. The minimum Gasteiger partial charge on any atom is -0.452 e. The Hall–Kier alpha value is -3.75. The summed E-state index contributed by atoms with van der Waals surface area (Å²) in [7, 11) is 0. The maximum absolute atomic E-state index is 13.1. The van der Waals surface area contributed by atoms with Crippen LogP contribution in [-0.4, -0.2) is 35.9 Å². The molecule has 0 aliphatic carbocycles. The molecule has 0 unspecified atom stereocenters. The number of aryl methyl sites for hydroxylation is 1. The average molecular weight is 401 g/mol. The number of esters is 1. The second-order valence-electron chi connectivity index (χ2n) is 6.20. The summed E-state index contributed by atoms with van der Waals surface area (Å²) in [6.07, 6.45) is 0. The highest BCUT2D eigenvalue weighted by atomic mass is 19.2. The number of hydrogen-bond donors (Lipinski definition) is 3. The number of halogens is 2. The summed E-state index contributed by atoms with van der Waals surface area (Å²) < 4.78 is 31.0. The zero-order valence-electron chi connectivity index (χ0n) is 15.3. The maximum atomic E-state index is 13.1. The van der Waals surface area contributed by atoms with Crippen molar-refractivity contribution in [3.63, 3.8) is 0 Å². The molecule has 3 rings (SSSR count). The fraction of sp³-hybridized carbons (Fsp3) is 0.150. The van der Waals surface area contributed by atoms with Gasteiger partial charge in [0, 0.05) is 28.4 Å². The van der Waals surface area contributed by atoms with Crippen molar-refractivity contribution < 1.29 is 27.9 Å². The molecule has 1 heterocycles. The molecule has 3 N–H and O–H groups in total. The number of benzene rings is 2. The Labute approximate surface area is 164 Å². The summed E-state index contributed by atoms with van der Waals surface area (Å²) in [6, 6.07) is 10.1. The zero-order valence-corrected chi connectivity index (χ0v) is 15.3. The molecule has 0 aliphatic heterocycles. The van der Waals surface area contributed by atoms with Crippen molar-refractivity contribution in [3.05, 3.63) is 65.4 Å². The largest absolute Gasteiger partial charge is 0.452 e. The molecule has 9 heteroatoms. The van der Waals surface area contributed by atoms with Crippen LogP contribution in [0, 0.1) is 18.6 Å². The van der Waals surface area contributed by atoms with Gasteiger partial charge in [0.05, 0.1) is 12.1 Å². The summed E-state index contributed by atoms with van der Waals surface area (Å²) in [5, 5.41) is 5.27. The van der Waals surface area contributed by atoms with Crippen molar-refractivity contribution in [3.8, 4) is 0 Å². The number of amides is 2. The van der Waals surface area contributed by atoms with E-state index in [2.05, 4.69) is 15.6 Å². The molecule has 0 saturated heterocycles. The molecule has 1 aromatic heterocycles. The number of hydrogen-bond acceptors (Lipinski definition) is 4. The van der Waals surface area contributed by atoms with E-state index in [9.17, 15) is 23.2 Å². The number of para-hydroxylation sites is 1. The molecule has 7 nitrogen and oxygen atoms in total. The molecule has 3 aromatic rings. The normalized spacial score (nSPS) is 10.6. The number of fused-ring (bicyclic) bond motifs is 1. The van der Waals surface area contributed by atoms with Crippen LogP contribution in [0.1, 0.15) is 16.1 Å². The summed E-state index contributed by atoms with van der Waals surface area (Å²) in [6.45, 7) is 0.719. The van der Waals surface area contributed by atoms with Gasteiger partial charge in [-0.05, 0) is 25.1 Å². The Morgan fingerprint density at radius 3 is 2.55 bits per heavy atom. The third kappa shape index (κ3) is 4.75. The van der Waals surface area contributed by atoms with E-state index in [0.29, 0.717) is 16.6 Å². The van der Waals surface area contributed by atoms with E-state index in [-0.39, 0.29) is 5.69 Å². The number of ether oxygens (including phenoxy) is 1. The standard InChI is InChI=1S/C20H17F2N3O4/c1-11-19(13-4-2-3-5-16(13)24-11)20(28)29-10-18(27)23-9-17(26)25-12-6-7-14(21)15(22)8-12/h2-8,24H,9-10H2,1H3,(H,23,27)(H,25,26). The molecule has 0 spiro atoms. The summed E-state index contributed by atoms with van der Waals surface area (Å²) >= 11 is 0. The summed E-state index contributed by atoms with van der Waals surface area (Å²) in [4.78, 5) is 39.0. The molecule has 0 bridgehead atoms. The highest BCUT2D eigenvalue weighted by Gasteiger charge is 2.18. The first kappa shape index (κ1) is 20.0. The van der Waals surface area contributed by atoms with Crippen LogP contribution in [0.5, 0.6) is 0 Å². The van der Waals surface area contributed by atoms with Gasteiger partial charge in [0.25, 0.3) is 5.91 Å². The molecule has 2 aromatic carbocycles. The van der Waals surface area contributed by atoms with Gasteiger partial charge in [-0.3, -0.25) is 9.59 Å². The smallest absolute Gasteiger partial charge is 0.341 e. The van der Waals surface area contributed by atoms with E-state index >= 15 is 0 Å². The molecule has 2 amide bonds. The predicted molar refractivity (Wildman–Crippen MR) is 101 cm³/mol. The molecule has 0 atom stereocenters. The number of rotatable bonds is 6. The van der Waals surface area contributed by atoms with Gasteiger partial charge < -0.3 is 20.4 Å². The van der Waals surface area contributed by atoms with E-state index in [1.54, 1.807) is 19.1 Å². The van der Waals surface area contributed by atoms with Crippen LogP contribution in [0.2, 0.25) is 0 Å². The highest BCUT2D eigenvalue weighted by molar-refractivity contribution is 6.06. The van der Waals surface area contributed by atoms with Crippen LogP contribution in [-0.2, 0) is 14.3 Å². The summed E-state index contributed by atoms with van der Waals surface area (Å²) in [5.41, 5.74) is 1.77. The van der Waals surface area contributed by atoms with Gasteiger partial charge in [-0.1, -0.05) is 18.2 Å². The number of H-pyrrole nitrogens is 1. The van der Waals surface area contributed by atoms with Gasteiger partial charge in [-0.2, -0.15) is 0 Å². The quantitative estimate of drug-likeness (QED) is 0.553. The van der Waals surface area contributed by atoms with Gasteiger partial charge in [0.2, 0.25) is 5.91 Å². The van der Waals surface area contributed by atoms with Crippen molar-refractivity contribution in [2.24, 2.45) is 0 Å². The Balaban J connectivity index is 1.49. The van der Waals surface area contributed by atoms with E-state index in [1.807, 2.05) is 12.1 Å². The van der Waals surface area contributed by atoms with Crippen molar-refractivity contribution in [2.75, 3.05) is 18.5 Å². The first-order valence-corrected chi connectivity index (χ1v) is 8.61. The molecule has 29 heavy (non-hydrogen) atoms. The van der Waals surface area contributed by atoms with Crippen molar-refractivity contribution in [1.29, 1.82) is 0 Å². The lowest BCUT2D eigenvalue weighted by molar-refractivity contribution is -0.126. The van der Waals surface area contributed by atoms with Crippen LogP contribution in [0.3, 0.4) is 0 Å². The van der Waals surface area contributed by atoms with Crippen LogP contribution in [0.4, 0.5) is 14.5 Å². The molecule has 0 fully saturated rings. The maximum Gasteiger partial charge on any atom is 0.341 e. The number of carbonyl (C=O) groups is 3. The monoisotopic (exact) mass is 401 g/mol. The topological polar surface area (TPSA) is 100 Å². The Morgan fingerprint density at radius 2 is 1.79 bits per heavy atom. The van der Waals surface area contributed by atoms with Crippen LogP contribution in [0.25, 0.3) is 10.9 Å². The lowest BCUT2D eigenvalue weighted by Gasteiger charge is -2.08. The fourth-order valence-corrected chi connectivity index (χ4v) is 2.75. The van der Waals surface area contributed by atoms with Crippen LogP contribution in [0.15, 0.2) is 42.5 Å². The van der Waals surface area contributed by atoms with E-state index < -0.39 is 42.6 Å². The number of carbonyl (C=O) groups excluding carboxylic acids is 3. The second kappa shape index (κ2) is 8.51. The Kier molecular flexibility index (Phi) is 5.87. The predicted octanol–water partition coefficient (Wildman–Crippen LogP) is 2.67. The first-order valence-electron chi connectivity index (χ1n) is 8.61. The van der Waals surface area contributed by atoms with Gasteiger partial charge in [-0.25, -0.2) is 13.6 Å². The third-order valence-electron chi connectivity index (χ3n) is 4.08. The second-order valence-corrected chi connectivity index (χ2v) is 6.20. The van der Waals surface area contributed by atoms with E-state index in [1.165, 1.54) is 6.07 Å². The molecule has 0 radical (unpaired) electrons. The lowest BCUT2D eigenvalue weighted by Crippen LogP contribution is -2.35. The van der Waals surface area contributed by atoms with Gasteiger partial charge in [0.15, 0.2) is 18.2 Å². The number of nitrogens with one attached hydrogen (secondary N) is 3. The van der Waals surface area contributed by atoms with Crippen LogP contribution < -0.4 is 10.6 Å². The third-order valence-corrected chi connectivity index (χ3v) is 4.08. The lowest BCUT2D eigenvalue weighted by atomic mass is 10.1. The molecule has 0 aliphatic rings. The number of aromatic nitrogens is 1. The first-order chi connectivity index (χ1) is 13.8. The van der Waals surface area contributed by atoms with Crippen molar-refractivity contribution >= 4 is 34.4 Å². The van der Waals surface area contributed by atoms with Crippen molar-refractivity contribution in [1.82, 2.24) is 10.3 Å². The van der Waals surface area contributed by atoms with Gasteiger partial charge >= 0.3 is 5.97 Å². The highest BCUT2D eigenvalue weighted by Crippen LogP contribution is 2.22. The summed E-state index contributed by atoms with van der Waals surface area (Å²) in [5.74, 6) is -4.14. The van der Waals surface area contributed by atoms with E-state index in [0.717, 1.165) is 17.6 Å². The Morgan fingerprint density at radius 1 is 1.03 bits per heavy atom. The Bertz CT molecular complexity index is 1090. The fourth-order valence-electron chi connectivity index (χ4n) is 2.75. The van der Waals surface area contributed by atoms with Crippen LogP contribution >= 0.6 is 0 Å². The van der Waals surface area contributed by atoms with E-state index in [4.69, 9.17) is 4.74 Å². The molecular formula is C20H17F2N3O4.